The minimum atomic E-state index is -3.55. The number of benzene rings is 1. The van der Waals surface area contributed by atoms with Gasteiger partial charge in [-0.3, -0.25) is 4.68 Å². The molecule has 0 amide bonds. The lowest BCUT2D eigenvalue weighted by molar-refractivity contribution is 0.414. The van der Waals surface area contributed by atoms with Crippen molar-refractivity contribution < 1.29 is 13.2 Å². The number of hydrogen-bond donors (Lipinski definition) is 0. The highest BCUT2D eigenvalue weighted by atomic mass is 35.5. The van der Waals surface area contributed by atoms with E-state index in [0.717, 1.165) is 18.4 Å². The van der Waals surface area contributed by atoms with Gasteiger partial charge in [0.25, 0.3) is 0 Å². The Morgan fingerprint density at radius 1 is 1.35 bits per heavy atom. The summed E-state index contributed by atoms with van der Waals surface area (Å²) in [5, 5.41) is 4.99. The Hall–Kier alpha value is -1.57. The van der Waals surface area contributed by atoms with Gasteiger partial charge < -0.3 is 4.74 Å². The maximum atomic E-state index is 13.1. The summed E-state index contributed by atoms with van der Waals surface area (Å²) >= 11 is 6.38. The van der Waals surface area contributed by atoms with Crippen LogP contribution in [0, 0.1) is 13.8 Å². The third-order valence-electron chi connectivity index (χ3n) is 4.73. The Bertz CT molecular complexity index is 920. The highest BCUT2D eigenvalue weighted by molar-refractivity contribution is 7.89. The lowest BCUT2D eigenvalue weighted by atomic mass is 10.2. The first-order valence-corrected chi connectivity index (χ1v) is 10.5. The van der Waals surface area contributed by atoms with Gasteiger partial charge in [0.05, 0.1) is 30.1 Å². The summed E-state index contributed by atoms with van der Waals surface area (Å²) < 4.78 is 34.8. The summed E-state index contributed by atoms with van der Waals surface area (Å²) in [6.45, 7) is 6.26. The summed E-state index contributed by atoms with van der Waals surface area (Å²) in [5.41, 5.74) is 1.97. The second-order valence-corrected chi connectivity index (χ2v) is 8.74. The van der Waals surface area contributed by atoms with Crippen LogP contribution in [-0.4, -0.2) is 42.2 Å². The van der Waals surface area contributed by atoms with Crippen LogP contribution in [0.25, 0.3) is 0 Å². The number of nitrogens with zero attached hydrogens (tertiary/aromatic N) is 3. The average molecular weight is 398 g/mol. The smallest absolute Gasteiger partial charge is 0.246 e. The van der Waals surface area contributed by atoms with Crippen LogP contribution in [0.15, 0.2) is 23.1 Å². The highest BCUT2D eigenvalue weighted by Crippen LogP contribution is 2.34. The number of aryl methyl sites for hydroxylation is 1. The fourth-order valence-electron chi connectivity index (χ4n) is 3.31. The second-order valence-electron chi connectivity index (χ2n) is 6.53. The van der Waals surface area contributed by atoms with Gasteiger partial charge in [0.15, 0.2) is 0 Å². The molecule has 0 aliphatic heterocycles. The molecule has 1 aliphatic carbocycles. The van der Waals surface area contributed by atoms with Gasteiger partial charge in [-0.25, -0.2) is 8.42 Å². The fourth-order valence-corrected chi connectivity index (χ4v) is 5.64. The fraction of sp³-hybridized carbons (Fsp3) is 0.500. The van der Waals surface area contributed by atoms with E-state index >= 15 is 0 Å². The molecule has 2 aromatic rings. The van der Waals surface area contributed by atoms with Crippen LogP contribution in [0.5, 0.6) is 5.75 Å². The van der Waals surface area contributed by atoms with E-state index in [0.29, 0.717) is 40.1 Å². The molecule has 1 saturated carbocycles. The van der Waals surface area contributed by atoms with Gasteiger partial charge in [-0.15, -0.1) is 0 Å². The largest absolute Gasteiger partial charge is 0.495 e. The summed E-state index contributed by atoms with van der Waals surface area (Å²) in [6.07, 6.45) is 1.86. The zero-order valence-corrected chi connectivity index (χ0v) is 17.1. The predicted octanol–water partition coefficient (Wildman–Crippen LogP) is 3.38. The summed E-state index contributed by atoms with van der Waals surface area (Å²) in [4.78, 5) is 0.310. The molecule has 8 heteroatoms. The Morgan fingerprint density at radius 3 is 2.62 bits per heavy atom. The van der Waals surface area contributed by atoms with Crippen molar-refractivity contribution in [3.63, 3.8) is 0 Å². The van der Waals surface area contributed by atoms with E-state index in [2.05, 4.69) is 5.10 Å². The Balaban J connectivity index is 1.99. The highest BCUT2D eigenvalue weighted by Gasteiger charge is 2.39. The number of halogens is 1. The van der Waals surface area contributed by atoms with Crippen LogP contribution in [0.2, 0.25) is 5.02 Å². The van der Waals surface area contributed by atoms with Crippen LogP contribution in [-0.2, 0) is 16.6 Å². The number of aromatic nitrogens is 2. The molecule has 3 rings (SSSR count). The molecule has 142 valence electrons. The van der Waals surface area contributed by atoms with E-state index in [-0.39, 0.29) is 6.04 Å². The van der Waals surface area contributed by atoms with E-state index in [1.807, 2.05) is 19.1 Å². The van der Waals surface area contributed by atoms with Gasteiger partial charge in [-0.2, -0.15) is 9.40 Å². The van der Waals surface area contributed by atoms with Crippen molar-refractivity contribution in [1.29, 1.82) is 0 Å². The Kier molecular flexibility index (Phi) is 5.33. The van der Waals surface area contributed by atoms with Gasteiger partial charge in [0, 0.05) is 12.6 Å². The molecule has 1 fully saturated rings. The van der Waals surface area contributed by atoms with Crippen molar-refractivity contribution in [3.05, 3.63) is 40.2 Å². The van der Waals surface area contributed by atoms with Crippen molar-refractivity contribution in [2.24, 2.45) is 0 Å². The minimum Gasteiger partial charge on any atom is -0.495 e. The third-order valence-corrected chi connectivity index (χ3v) is 7.44. The van der Waals surface area contributed by atoms with Crippen molar-refractivity contribution in [2.45, 2.75) is 51.1 Å². The zero-order chi connectivity index (χ0) is 19.1. The molecule has 26 heavy (non-hydrogen) atoms. The first kappa shape index (κ1) is 19.2. The maximum Gasteiger partial charge on any atom is 0.246 e. The molecule has 1 aromatic carbocycles. The molecule has 0 bridgehead atoms. The topological polar surface area (TPSA) is 64.4 Å². The number of sulfonamides is 1. The number of methoxy groups -OCH3 is 1. The first-order chi connectivity index (χ1) is 12.3. The molecule has 0 atom stereocenters. The van der Waals surface area contributed by atoms with Gasteiger partial charge >= 0.3 is 0 Å². The van der Waals surface area contributed by atoms with Crippen LogP contribution in [0.3, 0.4) is 0 Å². The Morgan fingerprint density at radius 2 is 2.04 bits per heavy atom. The monoisotopic (exact) mass is 397 g/mol. The molecule has 0 N–H and O–H groups in total. The third kappa shape index (κ3) is 3.35. The molecule has 0 saturated heterocycles. The predicted molar refractivity (Wildman–Crippen MR) is 101 cm³/mol. The standard InChI is InChI=1S/C18H24ClN3O3S/c1-5-22(15-9-10-15)26(23,24)18-12(2)20-21(13(18)3)11-14-7-6-8-16(25-4)17(14)19/h6-8,15H,5,9-11H2,1-4H3. The molecule has 1 aliphatic rings. The molecule has 1 aromatic heterocycles. The van der Waals surface area contributed by atoms with Gasteiger partial charge in [-0.1, -0.05) is 30.7 Å². The summed E-state index contributed by atoms with van der Waals surface area (Å²) in [6, 6.07) is 5.66. The van der Waals surface area contributed by atoms with Gasteiger partial charge in [0.2, 0.25) is 10.0 Å². The van der Waals surface area contributed by atoms with Crippen molar-refractivity contribution in [1.82, 2.24) is 14.1 Å². The molecule has 1 heterocycles. The van der Waals surface area contributed by atoms with E-state index in [1.165, 1.54) is 0 Å². The average Bonchev–Trinajstić information content (AvgIpc) is 3.36. The zero-order valence-electron chi connectivity index (χ0n) is 15.5. The van der Waals surface area contributed by atoms with Crippen molar-refractivity contribution in [3.8, 4) is 5.75 Å². The lowest BCUT2D eigenvalue weighted by Gasteiger charge is -2.20. The molecular weight excluding hydrogens is 374 g/mol. The quantitative estimate of drug-likeness (QED) is 0.718. The van der Waals surface area contributed by atoms with E-state index in [4.69, 9.17) is 16.3 Å². The molecular formula is C18H24ClN3O3S. The summed E-state index contributed by atoms with van der Waals surface area (Å²) in [5.74, 6) is 0.587. The van der Waals surface area contributed by atoms with Gasteiger partial charge in [0.1, 0.15) is 10.6 Å². The van der Waals surface area contributed by atoms with Crippen LogP contribution >= 0.6 is 11.6 Å². The normalized spacial score (nSPS) is 14.8. The number of ether oxygens (including phenoxy) is 1. The maximum absolute atomic E-state index is 13.1. The Labute approximate surface area is 159 Å². The second kappa shape index (κ2) is 7.21. The van der Waals surface area contributed by atoms with E-state index in [9.17, 15) is 8.42 Å². The van der Waals surface area contributed by atoms with Crippen LogP contribution in [0.1, 0.15) is 36.7 Å². The van der Waals surface area contributed by atoms with Gasteiger partial charge in [-0.05, 0) is 38.3 Å². The van der Waals surface area contributed by atoms with Crippen LogP contribution in [0.4, 0.5) is 0 Å². The number of hydrogen-bond acceptors (Lipinski definition) is 4. The van der Waals surface area contributed by atoms with E-state index < -0.39 is 10.0 Å². The van der Waals surface area contributed by atoms with Crippen molar-refractivity contribution in [2.75, 3.05) is 13.7 Å². The number of rotatable bonds is 7. The lowest BCUT2D eigenvalue weighted by Crippen LogP contribution is -2.33. The first-order valence-electron chi connectivity index (χ1n) is 8.68. The molecule has 0 radical (unpaired) electrons. The summed E-state index contributed by atoms with van der Waals surface area (Å²) in [7, 11) is -1.99. The van der Waals surface area contributed by atoms with Crippen LogP contribution < -0.4 is 4.74 Å². The SMILES string of the molecule is CCN(C1CC1)S(=O)(=O)c1c(C)nn(Cc2cccc(OC)c2Cl)c1C. The van der Waals surface area contributed by atoms with Crippen molar-refractivity contribution >= 4 is 21.6 Å². The van der Waals surface area contributed by atoms with E-state index in [1.54, 1.807) is 36.0 Å². The minimum absolute atomic E-state index is 0.125. The molecule has 0 spiro atoms. The molecule has 6 nitrogen and oxygen atoms in total. The molecule has 0 unspecified atom stereocenters.